The van der Waals surface area contributed by atoms with Crippen LogP contribution in [0.3, 0.4) is 0 Å². The van der Waals surface area contributed by atoms with Gasteiger partial charge in [-0.25, -0.2) is 9.38 Å². The molecule has 3 N–H and O–H groups in total. The molecule has 1 amide bonds. The second-order valence-corrected chi connectivity index (χ2v) is 6.16. The highest BCUT2D eigenvalue weighted by molar-refractivity contribution is 5.94. The lowest BCUT2D eigenvalue weighted by molar-refractivity contribution is -0.153. The average Bonchev–Trinajstić information content (AvgIpc) is 2.69. The van der Waals surface area contributed by atoms with Crippen LogP contribution in [-0.2, 0) is 11.3 Å². The number of aliphatic imine (C=N–C) groups is 1. The zero-order valence-corrected chi connectivity index (χ0v) is 16.2. The maximum Gasteiger partial charge on any atom is 0.422 e. The highest BCUT2D eigenvalue weighted by Gasteiger charge is 2.28. The van der Waals surface area contributed by atoms with Gasteiger partial charge in [-0.1, -0.05) is 18.2 Å². The van der Waals surface area contributed by atoms with Crippen molar-refractivity contribution in [3.63, 3.8) is 0 Å². The van der Waals surface area contributed by atoms with Crippen LogP contribution in [0.25, 0.3) is 0 Å². The minimum atomic E-state index is -4.39. The molecule has 2 rings (SSSR count). The van der Waals surface area contributed by atoms with Crippen molar-refractivity contribution in [2.45, 2.75) is 19.6 Å². The van der Waals surface area contributed by atoms with Crippen LogP contribution in [0.5, 0.6) is 5.75 Å². The molecule has 162 valence electrons. The molecule has 0 aliphatic rings. The zero-order valence-electron chi connectivity index (χ0n) is 16.2. The summed E-state index contributed by atoms with van der Waals surface area (Å²) in [5.41, 5.74) is 1.09. The van der Waals surface area contributed by atoms with Crippen molar-refractivity contribution in [2.75, 3.05) is 25.0 Å². The van der Waals surface area contributed by atoms with Crippen molar-refractivity contribution in [1.82, 2.24) is 10.6 Å². The lowest BCUT2D eigenvalue weighted by atomic mass is 10.2. The molecule has 0 saturated heterocycles. The van der Waals surface area contributed by atoms with Gasteiger partial charge in [-0.3, -0.25) is 4.79 Å². The van der Waals surface area contributed by atoms with Crippen molar-refractivity contribution in [3.05, 3.63) is 59.9 Å². The van der Waals surface area contributed by atoms with Gasteiger partial charge in [0.25, 0.3) is 0 Å². The van der Waals surface area contributed by atoms with Gasteiger partial charge >= 0.3 is 6.18 Å². The first-order chi connectivity index (χ1) is 14.2. The summed E-state index contributed by atoms with van der Waals surface area (Å²) in [7, 11) is 0. The fourth-order valence-electron chi connectivity index (χ4n) is 2.30. The highest BCUT2D eigenvalue weighted by Crippen LogP contribution is 2.19. The maximum absolute atomic E-state index is 13.2. The van der Waals surface area contributed by atoms with E-state index in [1.54, 1.807) is 18.2 Å². The first-order valence-electron chi connectivity index (χ1n) is 9.11. The third-order valence-electron chi connectivity index (χ3n) is 3.61. The number of ether oxygens (including phenoxy) is 1. The number of carbonyl (C=O) groups is 1. The van der Waals surface area contributed by atoms with E-state index in [-0.39, 0.29) is 24.7 Å². The minimum absolute atomic E-state index is 0.0907. The molecule has 2 aromatic carbocycles. The van der Waals surface area contributed by atoms with E-state index in [1.807, 2.05) is 6.92 Å². The Balaban J connectivity index is 1.86. The standard InChI is InChI=1S/C20H22F4N4O2/c1-2-25-19(27-12-18(29)28-16-5-3-4-15(21)10-16)26-11-14-6-8-17(9-7-14)30-13-20(22,23)24/h3-10H,2,11-13H2,1H3,(H,28,29)(H2,25,26,27). The summed E-state index contributed by atoms with van der Waals surface area (Å²) in [4.78, 5) is 16.3. The summed E-state index contributed by atoms with van der Waals surface area (Å²) < 4.78 is 54.3. The van der Waals surface area contributed by atoms with E-state index in [9.17, 15) is 22.4 Å². The summed E-state index contributed by atoms with van der Waals surface area (Å²) >= 11 is 0. The summed E-state index contributed by atoms with van der Waals surface area (Å²) in [6.45, 7) is 1.21. The summed E-state index contributed by atoms with van der Waals surface area (Å²) in [6, 6.07) is 11.6. The topological polar surface area (TPSA) is 74.8 Å². The smallest absolute Gasteiger partial charge is 0.422 e. The Morgan fingerprint density at radius 2 is 1.83 bits per heavy atom. The van der Waals surface area contributed by atoms with E-state index in [0.29, 0.717) is 18.2 Å². The van der Waals surface area contributed by atoms with E-state index < -0.39 is 18.6 Å². The Kier molecular flexibility index (Phi) is 8.45. The average molecular weight is 426 g/mol. The summed E-state index contributed by atoms with van der Waals surface area (Å²) in [5, 5.41) is 8.40. The highest BCUT2D eigenvalue weighted by atomic mass is 19.4. The first-order valence-corrected chi connectivity index (χ1v) is 9.11. The van der Waals surface area contributed by atoms with Crippen molar-refractivity contribution < 1.29 is 27.1 Å². The number of guanidine groups is 1. The van der Waals surface area contributed by atoms with Crippen molar-refractivity contribution in [3.8, 4) is 5.75 Å². The molecule has 0 atom stereocenters. The van der Waals surface area contributed by atoms with Crippen LogP contribution in [0, 0.1) is 5.82 Å². The second-order valence-electron chi connectivity index (χ2n) is 6.16. The van der Waals surface area contributed by atoms with Gasteiger partial charge in [-0.15, -0.1) is 0 Å². The minimum Gasteiger partial charge on any atom is -0.484 e. The van der Waals surface area contributed by atoms with Crippen LogP contribution in [0.15, 0.2) is 53.5 Å². The number of benzene rings is 2. The number of hydrogen-bond acceptors (Lipinski definition) is 3. The number of amides is 1. The molecule has 0 saturated carbocycles. The van der Waals surface area contributed by atoms with Gasteiger partial charge in [-0.05, 0) is 42.8 Å². The fourth-order valence-corrected chi connectivity index (χ4v) is 2.30. The normalized spacial score (nSPS) is 11.7. The summed E-state index contributed by atoms with van der Waals surface area (Å²) in [5.74, 6) is -0.341. The molecule has 0 radical (unpaired) electrons. The van der Waals surface area contributed by atoms with Gasteiger partial charge in [0.2, 0.25) is 5.91 Å². The van der Waals surface area contributed by atoms with Crippen LogP contribution in [0.4, 0.5) is 23.2 Å². The molecule has 6 nitrogen and oxygen atoms in total. The van der Waals surface area contributed by atoms with Gasteiger partial charge < -0.3 is 20.7 Å². The molecule has 0 spiro atoms. The molecule has 0 bridgehead atoms. The fraction of sp³-hybridized carbons (Fsp3) is 0.300. The van der Waals surface area contributed by atoms with Crippen molar-refractivity contribution in [2.24, 2.45) is 4.99 Å². The Morgan fingerprint density at radius 1 is 1.10 bits per heavy atom. The monoisotopic (exact) mass is 426 g/mol. The van der Waals surface area contributed by atoms with Gasteiger partial charge in [-0.2, -0.15) is 13.2 Å². The SMILES string of the molecule is CCNC(=NCc1ccc(OCC(F)(F)F)cc1)NCC(=O)Nc1cccc(F)c1. The van der Waals surface area contributed by atoms with Gasteiger partial charge in [0.1, 0.15) is 11.6 Å². The quantitative estimate of drug-likeness (QED) is 0.343. The number of hydrogen-bond donors (Lipinski definition) is 3. The molecule has 2 aromatic rings. The van der Waals surface area contributed by atoms with Gasteiger partial charge in [0.05, 0.1) is 13.1 Å². The number of rotatable bonds is 8. The van der Waals surface area contributed by atoms with Gasteiger partial charge in [0.15, 0.2) is 12.6 Å². The molecule has 0 fully saturated rings. The molecule has 0 aliphatic carbocycles. The third-order valence-corrected chi connectivity index (χ3v) is 3.61. The van der Waals surface area contributed by atoms with Crippen molar-refractivity contribution in [1.29, 1.82) is 0 Å². The molecular weight excluding hydrogens is 404 g/mol. The van der Waals surface area contributed by atoms with E-state index in [2.05, 4.69) is 25.7 Å². The number of alkyl halides is 3. The lowest BCUT2D eigenvalue weighted by Crippen LogP contribution is -2.41. The predicted octanol–water partition coefficient (Wildman–Crippen LogP) is 3.46. The number of carbonyl (C=O) groups excluding carboxylic acids is 1. The third kappa shape index (κ3) is 8.80. The van der Waals surface area contributed by atoms with Crippen molar-refractivity contribution >= 4 is 17.6 Å². The Morgan fingerprint density at radius 3 is 2.47 bits per heavy atom. The molecule has 0 aliphatic heterocycles. The van der Waals surface area contributed by atoms with Crippen LogP contribution in [0.2, 0.25) is 0 Å². The Hall–Kier alpha value is -3.30. The zero-order chi connectivity index (χ0) is 22.0. The number of halogens is 4. The van der Waals surface area contributed by atoms with Crippen LogP contribution >= 0.6 is 0 Å². The van der Waals surface area contributed by atoms with E-state index in [4.69, 9.17) is 0 Å². The lowest BCUT2D eigenvalue weighted by Gasteiger charge is -2.12. The molecule has 10 heteroatoms. The largest absolute Gasteiger partial charge is 0.484 e. The Bertz CT molecular complexity index is 855. The van der Waals surface area contributed by atoms with Gasteiger partial charge in [0, 0.05) is 12.2 Å². The van der Waals surface area contributed by atoms with Crippen LogP contribution < -0.4 is 20.7 Å². The predicted molar refractivity (Wildman–Crippen MR) is 106 cm³/mol. The van der Waals surface area contributed by atoms with E-state index in [1.165, 1.54) is 30.3 Å². The number of anilines is 1. The van der Waals surface area contributed by atoms with Crippen LogP contribution in [0.1, 0.15) is 12.5 Å². The first kappa shape index (κ1) is 23.0. The molecule has 0 aromatic heterocycles. The van der Waals surface area contributed by atoms with E-state index >= 15 is 0 Å². The molecular formula is C20H22F4N4O2. The molecule has 0 unspecified atom stereocenters. The number of nitrogens with one attached hydrogen (secondary N) is 3. The summed E-state index contributed by atoms with van der Waals surface area (Å²) in [6.07, 6.45) is -4.39. The Labute approximate surface area is 171 Å². The maximum atomic E-state index is 13.2. The van der Waals surface area contributed by atoms with Crippen LogP contribution in [-0.4, -0.2) is 37.7 Å². The second kappa shape index (κ2) is 11.0. The molecule has 30 heavy (non-hydrogen) atoms. The number of nitrogens with zero attached hydrogens (tertiary/aromatic N) is 1. The molecule has 0 heterocycles. The van der Waals surface area contributed by atoms with E-state index in [0.717, 1.165) is 5.56 Å².